The zero-order valence-corrected chi connectivity index (χ0v) is 14.4. The molecule has 0 amide bonds. The van der Waals surface area contributed by atoms with Gasteiger partial charge in [-0.2, -0.15) is 0 Å². The molecule has 0 N–H and O–H groups in total. The van der Waals surface area contributed by atoms with Crippen molar-refractivity contribution in [3.8, 4) is 5.75 Å². The molecule has 0 heterocycles. The summed E-state index contributed by atoms with van der Waals surface area (Å²) in [6.07, 6.45) is 3.09. The van der Waals surface area contributed by atoms with Crippen molar-refractivity contribution in [2.75, 3.05) is 0 Å². The van der Waals surface area contributed by atoms with E-state index in [1.165, 1.54) is 6.08 Å². The Labute approximate surface area is 152 Å². The van der Waals surface area contributed by atoms with Gasteiger partial charge in [0, 0.05) is 17.2 Å². The number of ether oxygens (including phenoxy) is 1. The molecule has 0 bridgehead atoms. The van der Waals surface area contributed by atoms with Gasteiger partial charge in [-0.15, -0.1) is 0 Å². The second-order valence-electron chi connectivity index (χ2n) is 5.88. The van der Waals surface area contributed by atoms with Crippen LogP contribution in [0.15, 0.2) is 84.9 Å². The van der Waals surface area contributed by atoms with Gasteiger partial charge in [-0.05, 0) is 42.8 Å². The first-order chi connectivity index (χ1) is 12.6. The summed E-state index contributed by atoms with van der Waals surface area (Å²) in [6, 6.07) is 23.4. The van der Waals surface area contributed by atoms with Gasteiger partial charge in [0.2, 0.25) is 0 Å². The van der Waals surface area contributed by atoms with Gasteiger partial charge in [-0.3, -0.25) is 4.79 Å². The molecule has 3 rings (SSSR count). The number of carbonyl (C=O) groups is 2. The van der Waals surface area contributed by atoms with E-state index in [-0.39, 0.29) is 5.78 Å². The maximum Gasteiger partial charge on any atom is 0.336 e. The number of ketones is 1. The van der Waals surface area contributed by atoms with Crippen molar-refractivity contribution in [3.05, 3.63) is 107 Å². The minimum Gasteiger partial charge on any atom is -0.423 e. The predicted octanol–water partition coefficient (Wildman–Crippen LogP) is 4.84. The highest BCUT2D eigenvalue weighted by Gasteiger charge is 2.09. The normalized spacial score (nSPS) is 10.7. The quantitative estimate of drug-likeness (QED) is 0.288. The van der Waals surface area contributed by atoms with Crippen molar-refractivity contribution in [3.63, 3.8) is 0 Å². The fraction of sp³-hybridized carbons (Fsp3) is 0.0435. The van der Waals surface area contributed by atoms with E-state index >= 15 is 0 Å². The Hall–Kier alpha value is -3.46. The number of aryl methyl sites for hydroxylation is 1. The second kappa shape index (κ2) is 8.08. The number of benzene rings is 3. The molecule has 0 atom stereocenters. The summed E-state index contributed by atoms with van der Waals surface area (Å²) in [4.78, 5) is 24.3. The maximum absolute atomic E-state index is 12.3. The standard InChI is InChI=1S/C23H18O3/c1-17-7-9-18(10-8-17)11-16-22(24)26-21-14-12-20(13-15-21)23(25)19-5-3-2-4-6-19/h2-16H,1H3/b16-11+. The number of carbonyl (C=O) groups excluding carboxylic acids is 2. The second-order valence-corrected chi connectivity index (χ2v) is 5.88. The molecule has 0 aromatic heterocycles. The van der Waals surface area contributed by atoms with Crippen molar-refractivity contribution in [1.82, 2.24) is 0 Å². The average Bonchev–Trinajstić information content (AvgIpc) is 2.68. The Balaban J connectivity index is 1.62. The van der Waals surface area contributed by atoms with Gasteiger partial charge in [0.1, 0.15) is 5.75 Å². The van der Waals surface area contributed by atoms with Crippen LogP contribution in [-0.2, 0) is 4.79 Å². The summed E-state index contributed by atoms with van der Waals surface area (Å²) in [7, 11) is 0. The minimum absolute atomic E-state index is 0.0669. The van der Waals surface area contributed by atoms with Crippen LogP contribution in [0.2, 0.25) is 0 Å². The summed E-state index contributed by atoms with van der Waals surface area (Å²) >= 11 is 0. The lowest BCUT2D eigenvalue weighted by molar-refractivity contribution is -0.128. The lowest BCUT2D eigenvalue weighted by Gasteiger charge is -2.04. The van der Waals surface area contributed by atoms with Crippen LogP contribution in [0.1, 0.15) is 27.0 Å². The highest BCUT2D eigenvalue weighted by molar-refractivity contribution is 6.09. The van der Waals surface area contributed by atoms with E-state index in [1.807, 2.05) is 49.4 Å². The molecule has 3 heteroatoms. The van der Waals surface area contributed by atoms with Crippen molar-refractivity contribution >= 4 is 17.8 Å². The van der Waals surface area contributed by atoms with Gasteiger partial charge in [-0.1, -0.05) is 60.2 Å². The van der Waals surface area contributed by atoms with Crippen LogP contribution >= 0.6 is 0 Å². The van der Waals surface area contributed by atoms with Crippen LogP contribution in [0, 0.1) is 6.92 Å². The van der Waals surface area contributed by atoms with E-state index in [4.69, 9.17) is 4.74 Å². The first kappa shape index (κ1) is 17.4. The Morgan fingerprint density at radius 2 is 1.38 bits per heavy atom. The van der Waals surface area contributed by atoms with Crippen LogP contribution in [0.4, 0.5) is 0 Å². The van der Waals surface area contributed by atoms with E-state index in [0.717, 1.165) is 11.1 Å². The van der Waals surface area contributed by atoms with E-state index < -0.39 is 5.97 Å². The molecule has 3 aromatic rings. The highest BCUT2D eigenvalue weighted by Crippen LogP contribution is 2.16. The molecule has 3 aromatic carbocycles. The number of rotatable bonds is 5. The monoisotopic (exact) mass is 342 g/mol. The van der Waals surface area contributed by atoms with Crippen molar-refractivity contribution < 1.29 is 14.3 Å². The first-order valence-corrected chi connectivity index (χ1v) is 8.28. The Bertz CT molecular complexity index is 921. The average molecular weight is 342 g/mol. The van der Waals surface area contributed by atoms with E-state index in [0.29, 0.717) is 16.9 Å². The van der Waals surface area contributed by atoms with Crippen LogP contribution < -0.4 is 4.74 Å². The Kier molecular flexibility index (Phi) is 5.40. The highest BCUT2D eigenvalue weighted by atomic mass is 16.5. The van der Waals surface area contributed by atoms with Crippen molar-refractivity contribution in [2.24, 2.45) is 0 Å². The fourth-order valence-electron chi connectivity index (χ4n) is 2.42. The zero-order valence-electron chi connectivity index (χ0n) is 14.4. The SMILES string of the molecule is Cc1ccc(/C=C/C(=O)Oc2ccc(C(=O)c3ccccc3)cc2)cc1. The lowest BCUT2D eigenvalue weighted by Crippen LogP contribution is -2.05. The van der Waals surface area contributed by atoms with Crippen molar-refractivity contribution in [1.29, 1.82) is 0 Å². The van der Waals surface area contributed by atoms with Gasteiger partial charge in [-0.25, -0.2) is 4.79 Å². The van der Waals surface area contributed by atoms with Gasteiger partial charge in [0.05, 0.1) is 0 Å². The van der Waals surface area contributed by atoms with E-state index in [1.54, 1.807) is 42.5 Å². The lowest BCUT2D eigenvalue weighted by atomic mass is 10.0. The van der Waals surface area contributed by atoms with Gasteiger partial charge in [0.15, 0.2) is 5.78 Å². The van der Waals surface area contributed by atoms with Gasteiger partial charge >= 0.3 is 5.97 Å². The first-order valence-electron chi connectivity index (χ1n) is 8.28. The molecule has 0 unspecified atom stereocenters. The van der Waals surface area contributed by atoms with E-state index in [2.05, 4.69) is 0 Å². The number of esters is 1. The molecule has 0 spiro atoms. The molecule has 0 saturated heterocycles. The number of hydrogen-bond acceptors (Lipinski definition) is 3. The van der Waals surface area contributed by atoms with Crippen molar-refractivity contribution in [2.45, 2.75) is 6.92 Å². The molecule has 0 fully saturated rings. The Morgan fingerprint density at radius 3 is 2.04 bits per heavy atom. The van der Waals surface area contributed by atoms with Crippen LogP contribution in [-0.4, -0.2) is 11.8 Å². The number of hydrogen-bond donors (Lipinski definition) is 0. The molecule has 128 valence electrons. The largest absolute Gasteiger partial charge is 0.423 e. The third-order valence-corrected chi connectivity index (χ3v) is 3.86. The van der Waals surface area contributed by atoms with Gasteiger partial charge < -0.3 is 4.74 Å². The molecule has 0 saturated carbocycles. The molecule has 26 heavy (non-hydrogen) atoms. The topological polar surface area (TPSA) is 43.4 Å². The minimum atomic E-state index is -0.465. The third kappa shape index (κ3) is 4.54. The summed E-state index contributed by atoms with van der Waals surface area (Å²) in [5.41, 5.74) is 3.26. The Morgan fingerprint density at radius 1 is 0.769 bits per heavy atom. The fourth-order valence-corrected chi connectivity index (χ4v) is 2.42. The van der Waals surface area contributed by atoms with E-state index in [9.17, 15) is 9.59 Å². The van der Waals surface area contributed by atoms with Crippen LogP contribution in [0.3, 0.4) is 0 Å². The predicted molar refractivity (Wildman–Crippen MR) is 102 cm³/mol. The smallest absolute Gasteiger partial charge is 0.336 e. The third-order valence-electron chi connectivity index (χ3n) is 3.86. The summed E-state index contributed by atoms with van der Waals surface area (Å²) in [5, 5.41) is 0. The molecular weight excluding hydrogens is 324 g/mol. The molecule has 0 aliphatic heterocycles. The summed E-state index contributed by atoms with van der Waals surface area (Å²) < 4.78 is 5.26. The molecule has 0 aliphatic carbocycles. The zero-order chi connectivity index (χ0) is 18.4. The molecular formula is C23H18O3. The van der Waals surface area contributed by atoms with Gasteiger partial charge in [0.25, 0.3) is 0 Å². The maximum atomic E-state index is 12.3. The molecule has 0 aliphatic rings. The summed E-state index contributed by atoms with van der Waals surface area (Å²) in [5.74, 6) is -0.136. The van der Waals surface area contributed by atoms with Crippen LogP contribution in [0.5, 0.6) is 5.75 Å². The summed E-state index contributed by atoms with van der Waals surface area (Å²) in [6.45, 7) is 2.01. The van der Waals surface area contributed by atoms with Crippen LogP contribution in [0.25, 0.3) is 6.08 Å². The molecule has 0 radical (unpaired) electrons. The molecule has 3 nitrogen and oxygen atoms in total.